The van der Waals surface area contributed by atoms with E-state index in [1.54, 1.807) is 19.2 Å². The highest BCUT2D eigenvalue weighted by atomic mass is 16.5. The summed E-state index contributed by atoms with van der Waals surface area (Å²) in [7, 11) is 1.63. The Hall–Kier alpha value is -3.96. The number of rotatable bonds is 16. The number of carbonyl (C=O) groups is 1. The molecule has 0 radical (unpaired) electrons. The second kappa shape index (κ2) is 15.2. The van der Waals surface area contributed by atoms with E-state index < -0.39 is 0 Å². The van der Waals surface area contributed by atoms with Crippen LogP contribution < -0.4 is 26.0 Å². The van der Waals surface area contributed by atoms with Gasteiger partial charge < -0.3 is 35.5 Å². The second-order valence-electron chi connectivity index (χ2n) is 8.23. The summed E-state index contributed by atoms with van der Waals surface area (Å²) in [6, 6.07) is 16.7. The van der Waals surface area contributed by atoms with Crippen molar-refractivity contribution in [2.75, 3.05) is 62.6 Å². The van der Waals surface area contributed by atoms with Crippen LogP contribution in [0.25, 0.3) is 0 Å². The minimum atomic E-state index is -0.112. The summed E-state index contributed by atoms with van der Waals surface area (Å²) >= 11 is 0. The number of hydrogen-bond donors (Lipinski definition) is 4. The van der Waals surface area contributed by atoms with Crippen LogP contribution >= 0.6 is 0 Å². The Kier molecular flexibility index (Phi) is 11.4. The van der Waals surface area contributed by atoms with Gasteiger partial charge in [-0.2, -0.15) is 15.0 Å². The van der Waals surface area contributed by atoms with Crippen molar-refractivity contribution in [3.63, 3.8) is 0 Å². The molecule has 0 saturated heterocycles. The molecule has 198 valence electrons. The van der Waals surface area contributed by atoms with Gasteiger partial charge in [-0.1, -0.05) is 18.2 Å². The molecule has 0 unspecified atom stereocenters. The molecule has 0 spiro atoms. The highest BCUT2D eigenvalue weighted by Gasteiger charge is 2.08. The van der Waals surface area contributed by atoms with Gasteiger partial charge in [-0.15, -0.1) is 0 Å². The van der Waals surface area contributed by atoms with Gasteiger partial charge in [-0.3, -0.25) is 4.79 Å². The zero-order valence-electron chi connectivity index (χ0n) is 21.5. The van der Waals surface area contributed by atoms with E-state index in [0.29, 0.717) is 62.9 Å². The molecule has 1 amide bonds. The molecule has 4 N–H and O–H groups in total. The third-order valence-corrected chi connectivity index (χ3v) is 4.87. The fourth-order valence-electron chi connectivity index (χ4n) is 3.12. The van der Waals surface area contributed by atoms with Crippen LogP contribution in [0.5, 0.6) is 5.75 Å². The van der Waals surface area contributed by atoms with Crippen molar-refractivity contribution in [3.05, 3.63) is 60.2 Å². The quantitative estimate of drug-likeness (QED) is 0.213. The molecule has 3 aromatic rings. The first-order valence-electron chi connectivity index (χ1n) is 12.2. The normalized spacial score (nSPS) is 10.7. The summed E-state index contributed by atoms with van der Waals surface area (Å²) in [5, 5.41) is 12.4. The monoisotopic (exact) mass is 509 g/mol. The first-order valence-corrected chi connectivity index (χ1v) is 12.2. The SMILES string of the molecule is COc1ccc(Nc2nc(NCCOCCOCCNC(=O)c3ccccc3)nc(NC(C)C)n2)cc1. The first-order chi connectivity index (χ1) is 18.0. The topological polar surface area (TPSA) is 132 Å². The zero-order valence-corrected chi connectivity index (χ0v) is 21.5. The third kappa shape index (κ3) is 10.3. The Morgan fingerprint density at radius 2 is 1.46 bits per heavy atom. The summed E-state index contributed by atoms with van der Waals surface area (Å²) in [5.41, 5.74) is 1.46. The molecular formula is C26H35N7O4. The van der Waals surface area contributed by atoms with E-state index in [1.807, 2.05) is 56.3 Å². The molecular weight excluding hydrogens is 474 g/mol. The van der Waals surface area contributed by atoms with Crippen molar-refractivity contribution in [2.45, 2.75) is 19.9 Å². The Bertz CT molecular complexity index is 1080. The molecule has 3 rings (SSSR count). The number of ether oxygens (including phenoxy) is 3. The highest BCUT2D eigenvalue weighted by molar-refractivity contribution is 5.94. The minimum Gasteiger partial charge on any atom is -0.497 e. The predicted molar refractivity (Wildman–Crippen MR) is 144 cm³/mol. The molecule has 11 heteroatoms. The lowest BCUT2D eigenvalue weighted by atomic mass is 10.2. The zero-order chi connectivity index (χ0) is 26.3. The maximum atomic E-state index is 12.0. The van der Waals surface area contributed by atoms with Crippen LogP contribution in [0.15, 0.2) is 54.6 Å². The van der Waals surface area contributed by atoms with E-state index in [-0.39, 0.29) is 11.9 Å². The smallest absolute Gasteiger partial charge is 0.251 e. The third-order valence-electron chi connectivity index (χ3n) is 4.87. The molecule has 2 aromatic carbocycles. The van der Waals surface area contributed by atoms with Gasteiger partial charge in [0, 0.05) is 30.4 Å². The molecule has 0 saturated carbocycles. The van der Waals surface area contributed by atoms with Crippen LogP contribution in [-0.2, 0) is 9.47 Å². The standard InChI is InChI=1S/C26H35N7O4/c1-19(2)29-25-31-24(32-26(33-25)30-21-9-11-22(35-3)12-10-21)28-14-16-37-18-17-36-15-13-27-23(34)20-7-5-4-6-8-20/h4-12,19H,13-18H2,1-3H3,(H,27,34)(H3,28,29,30,31,32,33). The van der Waals surface area contributed by atoms with Crippen LogP contribution in [0.4, 0.5) is 23.5 Å². The fraction of sp³-hybridized carbons (Fsp3) is 0.385. The minimum absolute atomic E-state index is 0.112. The Morgan fingerprint density at radius 3 is 2.14 bits per heavy atom. The molecule has 0 atom stereocenters. The van der Waals surface area contributed by atoms with Crippen LogP contribution in [0.3, 0.4) is 0 Å². The maximum absolute atomic E-state index is 12.0. The van der Waals surface area contributed by atoms with Crippen LogP contribution in [0, 0.1) is 0 Å². The Morgan fingerprint density at radius 1 is 0.811 bits per heavy atom. The van der Waals surface area contributed by atoms with Crippen molar-refractivity contribution >= 4 is 29.4 Å². The fourth-order valence-corrected chi connectivity index (χ4v) is 3.12. The van der Waals surface area contributed by atoms with E-state index >= 15 is 0 Å². The number of methoxy groups -OCH3 is 1. The predicted octanol–water partition coefficient (Wildman–Crippen LogP) is 3.32. The highest BCUT2D eigenvalue weighted by Crippen LogP contribution is 2.19. The average molecular weight is 510 g/mol. The van der Waals surface area contributed by atoms with E-state index in [0.717, 1.165) is 11.4 Å². The molecule has 0 aliphatic rings. The lowest BCUT2D eigenvalue weighted by Gasteiger charge is -2.13. The van der Waals surface area contributed by atoms with E-state index in [4.69, 9.17) is 14.2 Å². The second-order valence-corrected chi connectivity index (χ2v) is 8.23. The molecule has 0 fully saturated rings. The van der Waals surface area contributed by atoms with Gasteiger partial charge in [0.15, 0.2) is 0 Å². The van der Waals surface area contributed by atoms with Gasteiger partial charge in [0.1, 0.15) is 5.75 Å². The van der Waals surface area contributed by atoms with Gasteiger partial charge >= 0.3 is 0 Å². The lowest BCUT2D eigenvalue weighted by Crippen LogP contribution is -2.27. The molecule has 0 aliphatic heterocycles. The number of nitrogens with zero attached hydrogens (tertiary/aromatic N) is 3. The number of aromatic nitrogens is 3. The van der Waals surface area contributed by atoms with E-state index in [2.05, 4.69) is 36.2 Å². The van der Waals surface area contributed by atoms with Crippen molar-refractivity contribution in [1.82, 2.24) is 20.3 Å². The molecule has 1 aromatic heterocycles. The van der Waals surface area contributed by atoms with Gasteiger partial charge in [0.2, 0.25) is 17.8 Å². The molecule has 0 bridgehead atoms. The molecule has 0 aliphatic carbocycles. The summed E-state index contributed by atoms with van der Waals surface area (Å²) in [4.78, 5) is 25.3. The average Bonchev–Trinajstić information content (AvgIpc) is 2.90. The Balaban J connectivity index is 1.35. The Labute approximate surface area is 217 Å². The number of nitrogens with one attached hydrogen (secondary N) is 4. The first kappa shape index (κ1) is 27.6. The largest absolute Gasteiger partial charge is 0.497 e. The lowest BCUT2D eigenvalue weighted by molar-refractivity contribution is 0.0519. The van der Waals surface area contributed by atoms with E-state index in [1.165, 1.54) is 0 Å². The summed E-state index contributed by atoms with van der Waals surface area (Å²) < 4.78 is 16.3. The van der Waals surface area contributed by atoms with Crippen molar-refractivity contribution in [1.29, 1.82) is 0 Å². The van der Waals surface area contributed by atoms with Gasteiger partial charge in [-0.05, 0) is 50.2 Å². The molecule has 1 heterocycles. The molecule has 11 nitrogen and oxygen atoms in total. The number of benzene rings is 2. The number of hydrogen-bond acceptors (Lipinski definition) is 10. The van der Waals surface area contributed by atoms with Crippen molar-refractivity contribution < 1.29 is 19.0 Å². The van der Waals surface area contributed by atoms with E-state index in [9.17, 15) is 4.79 Å². The summed E-state index contributed by atoms with van der Waals surface area (Å²) in [5.74, 6) is 1.98. The van der Waals surface area contributed by atoms with Crippen molar-refractivity contribution in [3.8, 4) is 5.75 Å². The van der Waals surface area contributed by atoms with Crippen LogP contribution in [0.2, 0.25) is 0 Å². The van der Waals surface area contributed by atoms with Crippen LogP contribution in [-0.4, -0.2) is 73.5 Å². The van der Waals surface area contributed by atoms with Crippen LogP contribution in [0.1, 0.15) is 24.2 Å². The van der Waals surface area contributed by atoms with Crippen molar-refractivity contribution in [2.24, 2.45) is 0 Å². The number of carbonyl (C=O) groups excluding carboxylic acids is 1. The number of anilines is 4. The van der Waals surface area contributed by atoms with Gasteiger partial charge in [-0.25, -0.2) is 0 Å². The summed E-state index contributed by atoms with van der Waals surface area (Å²) in [6.45, 7) is 6.73. The maximum Gasteiger partial charge on any atom is 0.251 e. The summed E-state index contributed by atoms with van der Waals surface area (Å²) in [6.07, 6.45) is 0. The van der Waals surface area contributed by atoms with Gasteiger partial charge in [0.05, 0.1) is 33.5 Å². The number of amides is 1. The molecule has 37 heavy (non-hydrogen) atoms. The van der Waals surface area contributed by atoms with Gasteiger partial charge in [0.25, 0.3) is 5.91 Å².